The molecule has 0 unspecified atom stereocenters. The number of hydrogen-bond acceptors (Lipinski definition) is 7. The van der Waals surface area contributed by atoms with Crippen molar-refractivity contribution < 1.29 is 39.8 Å². The molecule has 0 spiro atoms. The lowest BCUT2D eigenvalue weighted by molar-refractivity contribution is -0.376. The lowest BCUT2D eigenvalue weighted by atomic mass is 9.95. The van der Waals surface area contributed by atoms with E-state index >= 15 is 0 Å². The van der Waals surface area contributed by atoms with E-state index in [4.69, 9.17) is 15.3 Å². The fourth-order valence-corrected chi connectivity index (χ4v) is 1.34. The Labute approximate surface area is 84.3 Å². The number of aliphatic hydroxyl groups is 4. The van der Waals surface area contributed by atoms with Crippen molar-refractivity contribution in [3.8, 4) is 0 Å². The number of carbonyl (C=O) groups is 1. The van der Waals surface area contributed by atoms with Crippen LogP contribution < -0.4 is 0 Å². The van der Waals surface area contributed by atoms with Crippen molar-refractivity contribution in [3.63, 3.8) is 0 Å². The Morgan fingerprint density at radius 1 is 1.40 bits per heavy atom. The summed E-state index contributed by atoms with van der Waals surface area (Å²) >= 11 is 0. The van der Waals surface area contributed by atoms with E-state index in [2.05, 4.69) is 9.47 Å². The van der Waals surface area contributed by atoms with Gasteiger partial charge in [-0.05, 0) is 0 Å². The average molecular weight is 224 g/mol. The molecular weight excluding hydrogens is 212 g/mol. The normalized spacial score (nSPS) is 46.5. The highest BCUT2D eigenvalue weighted by Crippen LogP contribution is 2.29. The third-order valence-corrected chi connectivity index (χ3v) is 2.24. The minimum atomic E-state index is -2.61. The Kier molecular flexibility index (Phi) is 3.28. The Balaban J connectivity index is 3.02. The minimum Gasteiger partial charge on any atom is -0.479 e. The first kappa shape index (κ1) is 12.3. The van der Waals surface area contributed by atoms with Gasteiger partial charge >= 0.3 is 5.97 Å². The first-order valence-electron chi connectivity index (χ1n) is 4.04. The molecule has 1 aliphatic rings. The molecule has 8 heteroatoms. The van der Waals surface area contributed by atoms with Crippen molar-refractivity contribution in [2.24, 2.45) is 0 Å². The van der Waals surface area contributed by atoms with Crippen molar-refractivity contribution >= 4 is 5.97 Å². The number of hydrogen-bond donors (Lipinski definition) is 5. The van der Waals surface area contributed by atoms with Gasteiger partial charge in [-0.2, -0.15) is 0 Å². The molecule has 0 aromatic rings. The molecule has 0 amide bonds. The van der Waals surface area contributed by atoms with Gasteiger partial charge in [0.1, 0.15) is 12.2 Å². The first-order chi connectivity index (χ1) is 6.84. The number of aliphatic hydroxyl groups excluding tert-OH is 3. The highest BCUT2D eigenvalue weighted by molar-refractivity contribution is 5.74. The lowest BCUT2D eigenvalue weighted by Crippen LogP contribution is -2.68. The van der Waals surface area contributed by atoms with E-state index in [1.54, 1.807) is 0 Å². The molecule has 5 atom stereocenters. The monoisotopic (exact) mass is 224 g/mol. The zero-order valence-corrected chi connectivity index (χ0v) is 7.77. The molecule has 88 valence electrons. The van der Waals surface area contributed by atoms with Gasteiger partial charge in [-0.3, -0.25) is 0 Å². The molecule has 0 bridgehead atoms. The maximum absolute atomic E-state index is 10.7. The summed E-state index contributed by atoms with van der Waals surface area (Å²) in [7, 11) is 0.937. The van der Waals surface area contributed by atoms with E-state index in [1.165, 1.54) is 0 Å². The van der Waals surface area contributed by atoms with Crippen LogP contribution in [0.1, 0.15) is 0 Å². The Morgan fingerprint density at radius 2 is 1.93 bits per heavy atom. The first-order valence-corrected chi connectivity index (χ1v) is 4.04. The predicted octanol–water partition coefficient (Wildman–Crippen LogP) is -3.15. The molecule has 1 aliphatic heterocycles. The summed E-state index contributed by atoms with van der Waals surface area (Å²) in [5, 5.41) is 45.8. The fraction of sp³-hybridized carbons (Fsp3) is 0.857. The topological polar surface area (TPSA) is 137 Å². The molecule has 1 rings (SSSR count). The van der Waals surface area contributed by atoms with Crippen LogP contribution in [0.25, 0.3) is 0 Å². The zero-order chi connectivity index (χ0) is 11.8. The lowest BCUT2D eigenvalue weighted by Gasteiger charge is -2.43. The van der Waals surface area contributed by atoms with Gasteiger partial charge in [0.15, 0.2) is 6.29 Å². The number of methoxy groups -OCH3 is 1. The molecule has 8 nitrogen and oxygen atoms in total. The summed E-state index contributed by atoms with van der Waals surface area (Å²) in [5.74, 6) is -4.24. The van der Waals surface area contributed by atoms with Crippen LogP contribution in [0.5, 0.6) is 0 Å². The summed E-state index contributed by atoms with van der Waals surface area (Å²) in [6.07, 6.45) is -7.75. The Morgan fingerprint density at radius 3 is 2.33 bits per heavy atom. The second kappa shape index (κ2) is 4.00. The van der Waals surface area contributed by atoms with E-state index < -0.39 is 36.4 Å². The van der Waals surface area contributed by atoms with Crippen LogP contribution in [0.3, 0.4) is 0 Å². The number of rotatable bonds is 2. The van der Waals surface area contributed by atoms with Crippen LogP contribution in [0.15, 0.2) is 0 Å². The van der Waals surface area contributed by atoms with Crippen molar-refractivity contribution in [2.45, 2.75) is 30.4 Å². The molecular formula is C7H12O8. The maximum atomic E-state index is 10.7. The molecule has 0 aliphatic carbocycles. The molecule has 1 fully saturated rings. The van der Waals surface area contributed by atoms with Gasteiger partial charge in [-0.1, -0.05) is 0 Å². The molecule has 5 N–H and O–H groups in total. The van der Waals surface area contributed by atoms with E-state index in [0.717, 1.165) is 7.11 Å². The highest BCUT2D eigenvalue weighted by atomic mass is 16.7. The van der Waals surface area contributed by atoms with Gasteiger partial charge in [0.05, 0.1) is 0 Å². The third kappa shape index (κ3) is 1.83. The smallest absolute Gasteiger partial charge is 0.338 e. The molecule has 1 saturated heterocycles. The Bertz CT molecular complexity index is 255. The second-order valence-electron chi connectivity index (χ2n) is 3.14. The summed E-state index contributed by atoms with van der Waals surface area (Å²) in [6.45, 7) is 0. The predicted molar refractivity (Wildman–Crippen MR) is 42.5 cm³/mol. The molecule has 0 radical (unpaired) electrons. The summed E-state index contributed by atoms with van der Waals surface area (Å²) in [5.41, 5.74) is 0. The summed E-state index contributed by atoms with van der Waals surface area (Å²) < 4.78 is 8.82. The molecule has 1 heterocycles. The van der Waals surface area contributed by atoms with Gasteiger partial charge in [0.2, 0.25) is 11.9 Å². The van der Waals surface area contributed by atoms with Crippen LogP contribution in [0.4, 0.5) is 0 Å². The number of aliphatic carboxylic acids is 1. The van der Waals surface area contributed by atoms with Gasteiger partial charge in [-0.25, -0.2) is 4.79 Å². The highest BCUT2D eigenvalue weighted by Gasteiger charge is 2.58. The number of carboxylic acid groups (broad SMARTS) is 1. The van der Waals surface area contributed by atoms with E-state index in [-0.39, 0.29) is 0 Å². The zero-order valence-electron chi connectivity index (χ0n) is 7.77. The molecule has 0 aromatic heterocycles. The van der Waals surface area contributed by atoms with Crippen molar-refractivity contribution in [1.82, 2.24) is 0 Å². The van der Waals surface area contributed by atoms with Crippen molar-refractivity contribution in [1.29, 1.82) is 0 Å². The SMILES string of the molecule is CO[C@@]1(O)[C@@H](C(=O)O)O[C@H](O)[C@H](O)[C@H]1O. The average Bonchev–Trinajstić information content (AvgIpc) is 2.20. The largest absolute Gasteiger partial charge is 0.479 e. The van der Waals surface area contributed by atoms with Crippen LogP contribution in [0.2, 0.25) is 0 Å². The van der Waals surface area contributed by atoms with E-state index in [1.807, 2.05) is 0 Å². The maximum Gasteiger partial charge on any atom is 0.338 e. The van der Waals surface area contributed by atoms with Gasteiger partial charge in [-0.15, -0.1) is 0 Å². The van der Waals surface area contributed by atoms with Crippen LogP contribution in [-0.4, -0.2) is 69.0 Å². The second-order valence-corrected chi connectivity index (χ2v) is 3.14. The van der Waals surface area contributed by atoms with E-state index in [9.17, 15) is 15.0 Å². The van der Waals surface area contributed by atoms with Crippen LogP contribution in [-0.2, 0) is 14.3 Å². The van der Waals surface area contributed by atoms with Crippen molar-refractivity contribution in [3.05, 3.63) is 0 Å². The minimum absolute atomic E-state index is 0.937. The molecule has 15 heavy (non-hydrogen) atoms. The number of ether oxygens (including phenoxy) is 2. The molecule has 0 aromatic carbocycles. The Hall–Kier alpha value is -0.770. The van der Waals surface area contributed by atoms with Gasteiger partial charge < -0.3 is 35.0 Å². The summed E-state index contributed by atoms with van der Waals surface area (Å²) in [4.78, 5) is 10.7. The quantitative estimate of drug-likeness (QED) is 0.310. The van der Waals surface area contributed by atoms with Gasteiger partial charge in [0, 0.05) is 7.11 Å². The number of carboxylic acids is 1. The standard InChI is InChI=1S/C7H12O8/c1-14-7(13)3(9)2(8)6(12)15-4(7)5(10)11/h2-4,6,8-9,12-13H,1H3,(H,10,11)/t2-,3-,4-,6+,7-/m1/s1. The summed E-state index contributed by atoms with van der Waals surface area (Å²) in [6, 6.07) is 0. The van der Waals surface area contributed by atoms with Crippen LogP contribution >= 0.6 is 0 Å². The van der Waals surface area contributed by atoms with Gasteiger partial charge in [0.25, 0.3) is 0 Å². The fourth-order valence-electron chi connectivity index (χ4n) is 1.34. The van der Waals surface area contributed by atoms with E-state index in [0.29, 0.717) is 0 Å². The van der Waals surface area contributed by atoms with Crippen molar-refractivity contribution in [2.75, 3.05) is 7.11 Å². The third-order valence-electron chi connectivity index (χ3n) is 2.24. The van der Waals surface area contributed by atoms with Crippen LogP contribution in [0, 0.1) is 0 Å². The molecule has 0 saturated carbocycles.